The van der Waals surface area contributed by atoms with E-state index >= 15 is 0 Å². The van der Waals surface area contributed by atoms with E-state index in [1.807, 2.05) is 19.3 Å². The number of fused-ring (bicyclic) bond motifs is 1. The molecule has 0 saturated carbocycles. The highest BCUT2D eigenvalue weighted by molar-refractivity contribution is 5.82. The van der Waals surface area contributed by atoms with Crippen molar-refractivity contribution in [1.82, 2.24) is 29.7 Å². The maximum absolute atomic E-state index is 5.79. The molecule has 0 aliphatic carbocycles. The summed E-state index contributed by atoms with van der Waals surface area (Å²) in [5, 5.41) is 7.31. The first kappa shape index (κ1) is 10.5. The molecule has 0 atom stereocenters. The molecule has 0 aliphatic heterocycles. The molecule has 3 aromatic rings. The zero-order valence-electron chi connectivity index (χ0n) is 9.75. The first-order chi connectivity index (χ1) is 8.72. The van der Waals surface area contributed by atoms with Crippen molar-refractivity contribution in [2.45, 2.75) is 6.54 Å². The van der Waals surface area contributed by atoms with Gasteiger partial charge in [-0.3, -0.25) is 4.68 Å². The number of aromatic amines is 1. The monoisotopic (exact) mass is 244 g/mol. The van der Waals surface area contributed by atoms with Gasteiger partial charge in [0.2, 0.25) is 5.95 Å². The van der Waals surface area contributed by atoms with E-state index in [2.05, 4.69) is 30.4 Å². The zero-order chi connectivity index (χ0) is 12.5. The quantitative estimate of drug-likeness (QED) is 0.610. The van der Waals surface area contributed by atoms with Crippen molar-refractivity contribution in [2.75, 3.05) is 11.1 Å². The molecule has 0 aromatic carbocycles. The number of hydrogen-bond donors (Lipinski definition) is 3. The van der Waals surface area contributed by atoms with Crippen LogP contribution in [-0.4, -0.2) is 29.7 Å². The first-order valence-corrected chi connectivity index (χ1v) is 5.41. The van der Waals surface area contributed by atoms with E-state index in [1.54, 1.807) is 4.68 Å². The number of nitrogens with zero attached hydrogens (tertiary/aromatic N) is 5. The van der Waals surface area contributed by atoms with Gasteiger partial charge in [0.05, 0.1) is 18.6 Å². The van der Waals surface area contributed by atoms with E-state index in [-0.39, 0.29) is 0 Å². The fraction of sp³-hybridized carbons (Fsp3) is 0.200. The van der Waals surface area contributed by atoms with Gasteiger partial charge in [0.15, 0.2) is 11.5 Å². The van der Waals surface area contributed by atoms with E-state index < -0.39 is 0 Å². The molecule has 0 aliphatic rings. The van der Waals surface area contributed by atoms with E-state index in [0.717, 1.165) is 5.69 Å². The minimum Gasteiger partial charge on any atom is -0.382 e. The smallest absolute Gasteiger partial charge is 0.227 e. The summed E-state index contributed by atoms with van der Waals surface area (Å²) in [6.07, 6.45) is 3.42. The fourth-order valence-corrected chi connectivity index (χ4v) is 1.66. The summed E-state index contributed by atoms with van der Waals surface area (Å²) in [7, 11) is 1.87. The number of aromatic nitrogens is 6. The summed E-state index contributed by atoms with van der Waals surface area (Å²) in [6.45, 7) is 0.538. The van der Waals surface area contributed by atoms with Crippen molar-refractivity contribution in [3.8, 4) is 0 Å². The average molecular weight is 244 g/mol. The predicted molar refractivity (Wildman–Crippen MR) is 66.6 cm³/mol. The Morgan fingerprint density at radius 2 is 2.33 bits per heavy atom. The minimum atomic E-state index is 0.376. The summed E-state index contributed by atoms with van der Waals surface area (Å²) >= 11 is 0. The molecular formula is C10H12N8. The molecule has 8 nitrogen and oxygen atoms in total. The van der Waals surface area contributed by atoms with E-state index in [9.17, 15) is 0 Å². The Morgan fingerprint density at radius 3 is 3.11 bits per heavy atom. The fourth-order valence-electron chi connectivity index (χ4n) is 1.66. The van der Waals surface area contributed by atoms with Crippen LogP contribution >= 0.6 is 0 Å². The topological polar surface area (TPSA) is 110 Å². The van der Waals surface area contributed by atoms with Gasteiger partial charge < -0.3 is 16.0 Å². The van der Waals surface area contributed by atoms with Gasteiger partial charge in [-0.2, -0.15) is 15.1 Å². The molecule has 0 unspecified atom stereocenters. The Bertz CT molecular complexity index is 682. The molecular weight excluding hydrogens is 232 g/mol. The van der Waals surface area contributed by atoms with Crippen LogP contribution in [0.15, 0.2) is 18.6 Å². The van der Waals surface area contributed by atoms with Gasteiger partial charge in [-0.25, -0.2) is 4.98 Å². The Balaban J connectivity index is 1.82. The summed E-state index contributed by atoms with van der Waals surface area (Å²) in [6, 6.07) is 1.92. The van der Waals surface area contributed by atoms with E-state index in [0.29, 0.717) is 29.5 Å². The van der Waals surface area contributed by atoms with Gasteiger partial charge in [0.1, 0.15) is 5.52 Å². The number of rotatable bonds is 3. The highest BCUT2D eigenvalue weighted by Crippen LogP contribution is 2.15. The third kappa shape index (κ3) is 1.83. The van der Waals surface area contributed by atoms with Crippen molar-refractivity contribution in [3.63, 3.8) is 0 Å². The number of aryl methyl sites for hydroxylation is 1. The molecule has 3 aromatic heterocycles. The summed E-state index contributed by atoms with van der Waals surface area (Å²) in [5.41, 5.74) is 7.90. The second-order valence-electron chi connectivity index (χ2n) is 3.87. The van der Waals surface area contributed by atoms with Crippen LogP contribution in [0.25, 0.3) is 11.2 Å². The van der Waals surface area contributed by atoms with Crippen LogP contribution in [0.4, 0.5) is 11.8 Å². The number of nitrogens with one attached hydrogen (secondary N) is 2. The van der Waals surface area contributed by atoms with Crippen LogP contribution in [0.1, 0.15) is 5.69 Å². The Labute approximate surface area is 102 Å². The number of anilines is 2. The van der Waals surface area contributed by atoms with Crippen LogP contribution in [0.3, 0.4) is 0 Å². The number of nitrogen functional groups attached to an aromatic ring is 1. The number of nitrogens with two attached hydrogens (primary N) is 1. The van der Waals surface area contributed by atoms with Gasteiger partial charge in [0.25, 0.3) is 0 Å². The van der Waals surface area contributed by atoms with Crippen molar-refractivity contribution in [3.05, 3.63) is 24.3 Å². The lowest BCUT2D eigenvalue weighted by molar-refractivity contribution is 0.746. The summed E-state index contributed by atoms with van der Waals surface area (Å²) < 4.78 is 1.74. The van der Waals surface area contributed by atoms with Crippen molar-refractivity contribution < 1.29 is 0 Å². The van der Waals surface area contributed by atoms with Crippen molar-refractivity contribution >= 4 is 22.9 Å². The molecule has 0 radical (unpaired) electrons. The minimum absolute atomic E-state index is 0.376. The van der Waals surface area contributed by atoms with Crippen LogP contribution in [-0.2, 0) is 13.6 Å². The van der Waals surface area contributed by atoms with Gasteiger partial charge in [-0.1, -0.05) is 0 Å². The first-order valence-electron chi connectivity index (χ1n) is 5.41. The molecule has 0 saturated heterocycles. The molecule has 0 spiro atoms. The largest absolute Gasteiger partial charge is 0.382 e. The lowest BCUT2D eigenvalue weighted by Gasteiger charge is -2.03. The van der Waals surface area contributed by atoms with Crippen molar-refractivity contribution in [2.24, 2.45) is 7.05 Å². The second kappa shape index (κ2) is 3.99. The maximum Gasteiger partial charge on any atom is 0.227 e. The maximum atomic E-state index is 5.79. The number of H-pyrrole nitrogens is 1. The Kier molecular flexibility index (Phi) is 2.33. The highest BCUT2D eigenvalue weighted by atomic mass is 15.3. The van der Waals surface area contributed by atoms with Crippen LogP contribution in [0.2, 0.25) is 0 Å². The molecule has 0 amide bonds. The summed E-state index contributed by atoms with van der Waals surface area (Å²) in [5.74, 6) is 0.818. The van der Waals surface area contributed by atoms with Crippen LogP contribution in [0, 0.1) is 0 Å². The molecule has 0 bridgehead atoms. The molecule has 8 heteroatoms. The Morgan fingerprint density at radius 1 is 1.44 bits per heavy atom. The van der Waals surface area contributed by atoms with Gasteiger partial charge in [-0.15, -0.1) is 0 Å². The second-order valence-corrected chi connectivity index (χ2v) is 3.87. The standard InChI is InChI=1S/C10H12N8/c1-18-3-2-6(17-18)4-12-10-15-8(11)7-9(16-10)14-5-13-7/h2-3,5H,4H2,1H3,(H4,11,12,13,14,15,16). The number of hydrogen-bond acceptors (Lipinski definition) is 6. The predicted octanol–water partition coefficient (Wildman–Crippen LogP) is 0.281. The third-order valence-electron chi connectivity index (χ3n) is 2.51. The van der Waals surface area contributed by atoms with Crippen molar-refractivity contribution in [1.29, 1.82) is 0 Å². The molecule has 18 heavy (non-hydrogen) atoms. The van der Waals surface area contributed by atoms with E-state index in [4.69, 9.17) is 5.73 Å². The van der Waals surface area contributed by atoms with Crippen LogP contribution in [0.5, 0.6) is 0 Å². The van der Waals surface area contributed by atoms with Gasteiger partial charge in [0, 0.05) is 13.2 Å². The van der Waals surface area contributed by atoms with E-state index in [1.165, 1.54) is 6.33 Å². The van der Waals surface area contributed by atoms with Gasteiger partial charge in [-0.05, 0) is 6.07 Å². The highest BCUT2D eigenvalue weighted by Gasteiger charge is 2.07. The lowest BCUT2D eigenvalue weighted by Crippen LogP contribution is -2.06. The third-order valence-corrected chi connectivity index (χ3v) is 2.51. The van der Waals surface area contributed by atoms with Crippen LogP contribution < -0.4 is 11.1 Å². The Hall–Kier alpha value is -2.64. The molecule has 3 rings (SSSR count). The SMILES string of the molecule is Cn1ccc(CNc2nc(N)c3[nH]cnc3n2)n1. The molecule has 4 N–H and O–H groups in total. The zero-order valence-corrected chi connectivity index (χ0v) is 9.75. The summed E-state index contributed by atoms with van der Waals surface area (Å²) in [4.78, 5) is 15.3. The average Bonchev–Trinajstić information content (AvgIpc) is 2.95. The number of imidazole rings is 1. The molecule has 0 fully saturated rings. The molecule has 92 valence electrons. The normalized spacial score (nSPS) is 10.9. The van der Waals surface area contributed by atoms with Gasteiger partial charge >= 0.3 is 0 Å². The lowest BCUT2D eigenvalue weighted by atomic mass is 10.4. The molecule has 3 heterocycles.